The van der Waals surface area contributed by atoms with E-state index in [1.165, 1.54) is 51.4 Å². The molecule has 0 aliphatic heterocycles. The minimum absolute atomic E-state index is 0.0410. The zero-order valence-corrected chi connectivity index (χ0v) is 19.6. The lowest BCUT2D eigenvalue weighted by molar-refractivity contribution is 0.0518. The average Bonchev–Trinajstić information content (AvgIpc) is 2.76. The topological polar surface area (TPSA) is 46.6 Å². The first kappa shape index (κ1) is 26.2. The van der Waals surface area contributed by atoms with E-state index >= 15 is 0 Å². The molecular formula is C26H43NO3. The zero-order valence-electron chi connectivity index (χ0n) is 19.6. The quantitative estimate of drug-likeness (QED) is 0.202. The first-order chi connectivity index (χ1) is 14.7. The Morgan fingerprint density at radius 2 is 1.17 bits per heavy atom. The Morgan fingerprint density at radius 1 is 0.700 bits per heavy atom. The molecule has 1 rings (SSSR count). The van der Waals surface area contributed by atoms with Crippen LogP contribution in [0.5, 0.6) is 0 Å². The van der Waals surface area contributed by atoms with Crippen LogP contribution < -0.4 is 0 Å². The normalized spacial score (nSPS) is 10.8. The van der Waals surface area contributed by atoms with Crippen LogP contribution in [0.15, 0.2) is 24.3 Å². The van der Waals surface area contributed by atoms with Crippen molar-refractivity contribution in [1.82, 2.24) is 4.90 Å². The minimum atomic E-state index is -0.416. The van der Waals surface area contributed by atoms with Crippen molar-refractivity contribution in [3.05, 3.63) is 35.4 Å². The molecule has 0 spiro atoms. The highest BCUT2D eigenvalue weighted by molar-refractivity contribution is 6.05. The number of unbranched alkanes of at least 4 members (excludes halogenated alkanes) is 10. The van der Waals surface area contributed by atoms with Crippen LogP contribution in [0.2, 0.25) is 0 Å². The van der Waals surface area contributed by atoms with Crippen LogP contribution in [0.4, 0.5) is 0 Å². The number of hydrogen-bond donors (Lipinski definition) is 0. The lowest BCUT2D eigenvalue weighted by Gasteiger charge is -2.24. The highest BCUT2D eigenvalue weighted by atomic mass is 16.5. The zero-order chi connectivity index (χ0) is 22.0. The summed E-state index contributed by atoms with van der Waals surface area (Å²) in [6, 6.07) is 7.06. The molecular weight excluding hydrogens is 374 g/mol. The van der Waals surface area contributed by atoms with E-state index in [0.717, 1.165) is 38.8 Å². The molecule has 0 radical (unpaired) electrons. The van der Waals surface area contributed by atoms with Gasteiger partial charge in [-0.2, -0.15) is 0 Å². The lowest BCUT2D eigenvalue weighted by Crippen LogP contribution is -2.34. The molecule has 30 heavy (non-hydrogen) atoms. The van der Waals surface area contributed by atoms with E-state index < -0.39 is 5.97 Å². The summed E-state index contributed by atoms with van der Waals surface area (Å²) >= 11 is 0. The molecule has 0 N–H and O–H groups in total. The fraction of sp³-hybridized carbons (Fsp3) is 0.692. The Morgan fingerprint density at radius 3 is 1.67 bits per heavy atom. The van der Waals surface area contributed by atoms with Gasteiger partial charge >= 0.3 is 5.97 Å². The molecule has 1 amide bonds. The molecule has 1 aromatic carbocycles. The Bertz CT molecular complexity index is 584. The molecule has 0 saturated heterocycles. The molecule has 4 heteroatoms. The summed E-state index contributed by atoms with van der Waals surface area (Å²) in [6.07, 6.45) is 14.4. The molecule has 0 fully saturated rings. The van der Waals surface area contributed by atoms with Gasteiger partial charge in [0.05, 0.1) is 17.7 Å². The minimum Gasteiger partial charge on any atom is -0.462 e. The van der Waals surface area contributed by atoms with Gasteiger partial charge in [0.1, 0.15) is 0 Å². The van der Waals surface area contributed by atoms with E-state index in [1.54, 1.807) is 25.1 Å². The second-order valence-corrected chi connectivity index (χ2v) is 8.09. The molecule has 0 aliphatic carbocycles. The third kappa shape index (κ3) is 10.3. The Balaban J connectivity index is 2.74. The van der Waals surface area contributed by atoms with Crippen LogP contribution >= 0.6 is 0 Å². The van der Waals surface area contributed by atoms with Crippen LogP contribution in [0.1, 0.15) is 119 Å². The van der Waals surface area contributed by atoms with Gasteiger partial charge in [-0.3, -0.25) is 4.79 Å². The van der Waals surface area contributed by atoms with Crippen molar-refractivity contribution in [3.8, 4) is 0 Å². The molecule has 0 aliphatic rings. The third-order valence-corrected chi connectivity index (χ3v) is 5.50. The highest BCUT2D eigenvalue weighted by Crippen LogP contribution is 2.16. The Hall–Kier alpha value is -1.84. The van der Waals surface area contributed by atoms with Crippen molar-refractivity contribution in [2.75, 3.05) is 19.7 Å². The largest absolute Gasteiger partial charge is 0.462 e. The Kier molecular flexibility index (Phi) is 14.8. The van der Waals surface area contributed by atoms with Gasteiger partial charge < -0.3 is 9.64 Å². The molecule has 0 atom stereocenters. The molecule has 0 saturated carbocycles. The first-order valence-corrected chi connectivity index (χ1v) is 12.2. The second kappa shape index (κ2) is 16.9. The number of hydrogen-bond acceptors (Lipinski definition) is 3. The predicted octanol–water partition coefficient (Wildman–Crippen LogP) is 7.03. The number of amides is 1. The summed E-state index contributed by atoms with van der Waals surface area (Å²) in [5.41, 5.74) is 0.841. The Labute approximate surface area is 184 Å². The molecule has 0 bridgehead atoms. The fourth-order valence-corrected chi connectivity index (χ4v) is 3.71. The molecule has 1 aromatic rings. The predicted molar refractivity (Wildman–Crippen MR) is 125 cm³/mol. The van der Waals surface area contributed by atoms with Gasteiger partial charge in [-0.15, -0.1) is 0 Å². The molecule has 4 nitrogen and oxygen atoms in total. The highest BCUT2D eigenvalue weighted by Gasteiger charge is 2.22. The van der Waals surface area contributed by atoms with E-state index in [9.17, 15) is 9.59 Å². The van der Waals surface area contributed by atoms with Gasteiger partial charge in [0.15, 0.2) is 0 Å². The number of esters is 1. The third-order valence-electron chi connectivity index (χ3n) is 5.50. The number of ether oxygens (including phenoxy) is 1. The van der Waals surface area contributed by atoms with E-state index in [2.05, 4.69) is 13.8 Å². The van der Waals surface area contributed by atoms with Crippen molar-refractivity contribution < 1.29 is 14.3 Å². The van der Waals surface area contributed by atoms with Gasteiger partial charge in [0.2, 0.25) is 0 Å². The van der Waals surface area contributed by atoms with Gasteiger partial charge in [-0.1, -0.05) is 90.2 Å². The maximum atomic E-state index is 13.3. The fourth-order valence-electron chi connectivity index (χ4n) is 3.71. The summed E-state index contributed by atoms with van der Waals surface area (Å²) < 4.78 is 5.16. The summed E-state index contributed by atoms with van der Waals surface area (Å²) in [5.74, 6) is -0.457. The number of benzene rings is 1. The number of nitrogens with zero attached hydrogens (tertiary/aromatic N) is 1. The number of rotatable bonds is 17. The van der Waals surface area contributed by atoms with Crippen molar-refractivity contribution in [1.29, 1.82) is 0 Å². The van der Waals surface area contributed by atoms with Crippen molar-refractivity contribution in [2.24, 2.45) is 0 Å². The molecule has 0 unspecified atom stereocenters. The van der Waals surface area contributed by atoms with Crippen molar-refractivity contribution in [2.45, 2.75) is 97.8 Å². The summed E-state index contributed by atoms with van der Waals surface area (Å²) in [7, 11) is 0. The average molecular weight is 418 g/mol. The second-order valence-electron chi connectivity index (χ2n) is 8.09. The van der Waals surface area contributed by atoms with Gasteiger partial charge in [0, 0.05) is 13.1 Å². The van der Waals surface area contributed by atoms with E-state index in [0.29, 0.717) is 17.7 Å². The standard InChI is InChI=1S/C26H43NO3/c1-4-7-9-11-13-17-21-27(22-18-14-12-10-8-5-2)25(28)23-19-15-16-20-24(23)26(29)30-6-3/h15-16,19-20H,4-14,17-18,21-22H2,1-3H3. The van der Waals surface area contributed by atoms with Crippen LogP contribution in [0.3, 0.4) is 0 Å². The van der Waals surface area contributed by atoms with Crippen molar-refractivity contribution in [3.63, 3.8) is 0 Å². The van der Waals surface area contributed by atoms with Crippen LogP contribution in [-0.4, -0.2) is 36.5 Å². The smallest absolute Gasteiger partial charge is 0.338 e. The maximum absolute atomic E-state index is 13.3. The van der Waals surface area contributed by atoms with Crippen LogP contribution in [-0.2, 0) is 4.74 Å². The van der Waals surface area contributed by atoms with Crippen LogP contribution in [0, 0.1) is 0 Å². The first-order valence-electron chi connectivity index (χ1n) is 12.2. The van der Waals surface area contributed by atoms with Crippen LogP contribution in [0.25, 0.3) is 0 Å². The number of carbonyl (C=O) groups excluding carboxylic acids is 2. The lowest BCUT2D eigenvalue weighted by atomic mass is 10.0. The summed E-state index contributed by atoms with van der Waals surface area (Å²) in [5, 5.41) is 0. The summed E-state index contributed by atoms with van der Waals surface area (Å²) in [6.45, 7) is 8.06. The van der Waals surface area contributed by atoms with E-state index in [1.807, 2.05) is 11.0 Å². The monoisotopic (exact) mass is 417 g/mol. The van der Waals surface area contributed by atoms with E-state index in [4.69, 9.17) is 4.74 Å². The van der Waals surface area contributed by atoms with Crippen molar-refractivity contribution >= 4 is 11.9 Å². The number of carbonyl (C=O) groups is 2. The summed E-state index contributed by atoms with van der Waals surface area (Å²) in [4.78, 5) is 27.6. The molecule has 0 heterocycles. The van der Waals surface area contributed by atoms with Gasteiger partial charge in [-0.05, 0) is 31.9 Å². The van der Waals surface area contributed by atoms with Gasteiger partial charge in [-0.25, -0.2) is 4.79 Å². The van der Waals surface area contributed by atoms with Gasteiger partial charge in [0.25, 0.3) is 5.91 Å². The maximum Gasteiger partial charge on any atom is 0.338 e. The molecule has 0 aromatic heterocycles. The molecule has 170 valence electrons. The van der Waals surface area contributed by atoms with E-state index in [-0.39, 0.29) is 5.91 Å². The SMILES string of the molecule is CCCCCCCCN(CCCCCCCC)C(=O)c1ccccc1C(=O)OCC.